The van der Waals surface area contributed by atoms with E-state index in [-0.39, 0.29) is 10.8 Å². The van der Waals surface area contributed by atoms with E-state index in [1.165, 1.54) is 0 Å². The molecule has 0 aliphatic rings. The molecule has 0 aromatic heterocycles. The van der Waals surface area contributed by atoms with Crippen LogP contribution in [0.15, 0.2) is 24.3 Å². The molecule has 4 nitrogen and oxygen atoms in total. The zero-order valence-electron chi connectivity index (χ0n) is 22.3. The Labute approximate surface area is 206 Å². The van der Waals surface area contributed by atoms with Crippen molar-refractivity contribution in [1.82, 2.24) is 0 Å². The van der Waals surface area contributed by atoms with E-state index < -0.39 is 0 Å². The number of carbonyl (C=O) groups excluding carboxylic acids is 2. The van der Waals surface area contributed by atoms with Crippen LogP contribution in [0.5, 0.6) is 11.5 Å². The third kappa shape index (κ3) is 6.94. The molecule has 0 aliphatic carbocycles. The monoisotopic (exact) mass is 466 g/mol. The lowest BCUT2D eigenvalue weighted by Gasteiger charge is -2.22. The number of ether oxygens (including phenoxy) is 2. The Balaban J connectivity index is 2.04. The summed E-state index contributed by atoms with van der Waals surface area (Å²) in [5.74, 6) is 1.40. The number of methoxy groups -OCH3 is 2. The van der Waals surface area contributed by atoms with Crippen LogP contribution < -0.4 is 9.47 Å². The molecule has 2 aromatic carbocycles. The summed E-state index contributed by atoms with van der Waals surface area (Å²) in [5, 5.41) is 0. The molecule has 0 bridgehead atoms. The van der Waals surface area contributed by atoms with Crippen molar-refractivity contribution in [3.05, 3.63) is 57.6 Å². The van der Waals surface area contributed by atoms with Gasteiger partial charge in [0.2, 0.25) is 0 Å². The minimum atomic E-state index is -0.0280. The molecule has 0 radical (unpaired) electrons. The quantitative estimate of drug-likeness (QED) is 0.258. The lowest BCUT2D eigenvalue weighted by Crippen LogP contribution is -2.13. The summed E-state index contributed by atoms with van der Waals surface area (Å²) in [7, 11) is 3.27. The number of benzene rings is 2. The van der Waals surface area contributed by atoms with Crippen molar-refractivity contribution in [2.75, 3.05) is 14.2 Å². The smallest absolute Gasteiger partial charge is 0.153 e. The van der Waals surface area contributed by atoms with Gasteiger partial charge in [-0.15, -0.1) is 0 Å². The molecule has 0 spiro atoms. The van der Waals surface area contributed by atoms with Crippen molar-refractivity contribution < 1.29 is 19.1 Å². The largest absolute Gasteiger partial charge is 0.496 e. The van der Waals surface area contributed by atoms with E-state index in [0.717, 1.165) is 73.4 Å². The number of carbonyl (C=O) groups is 2. The highest BCUT2D eigenvalue weighted by atomic mass is 16.5. The number of aryl methyl sites for hydroxylation is 2. The van der Waals surface area contributed by atoms with Gasteiger partial charge in [0, 0.05) is 0 Å². The van der Waals surface area contributed by atoms with Crippen molar-refractivity contribution in [3.8, 4) is 11.5 Å². The van der Waals surface area contributed by atoms with E-state index in [1.807, 2.05) is 12.1 Å². The maximum absolute atomic E-state index is 11.6. The van der Waals surface area contributed by atoms with Gasteiger partial charge in [0.1, 0.15) is 11.5 Å². The second-order valence-corrected chi connectivity index (χ2v) is 11.2. The molecule has 0 heterocycles. The average molecular weight is 467 g/mol. The van der Waals surface area contributed by atoms with Crippen molar-refractivity contribution >= 4 is 12.6 Å². The fraction of sp³-hybridized carbons (Fsp3) is 0.533. The van der Waals surface area contributed by atoms with Gasteiger partial charge in [0.15, 0.2) is 12.6 Å². The van der Waals surface area contributed by atoms with Crippen LogP contribution in [0, 0.1) is 0 Å². The Morgan fingerprint density at radius 2 is 0.971 bits per heavy atom. The predicted molar refractivity (Wildman–Crippen MR) is 140 cm³/mol. The SMILES string of the molecule is COc1c(C=O)cc(C(C)(C)C)cc1CCCCCCc1cc(C(C)(C)C)cc(C=O)c1OC. The summed E-state index contributed by atoms with van der Waals surface area (Å²) >= 11 is 0. The Morgan fingerprint density at radius 1 is 0.618 bits per heavy atom. The molecule has 0 saturated heterocycles. The van der Waals surface area contributed by atoms with Gasteiger partial charge in [-0.3, -0.25) is 9.59 Å². The van der Waals surface area contributed by atoms with Crippen molar-refractivity contribution in [1.29, 1.82) is 0 Å². The summed E-state index contributed by atoms with van der Waals surface area (Å²) in [6.07, 6.45) is 7.77. The van der Waals surface area contributed by atoms with Gasteiger partial charge < -0.3 is 9.47 Å². The van der Waals surface area contributed by atoms with E-state index in [0.29, 0.717) is 22.6 Å². The molecule has 0 amide bonds. The standard InChI is InChI=1S/C30H42O4/c1-29(2,3)25-15-21(27(33-7)23(17-25)19-31)13-11-9-10-12-14-22-16-26(30(4,5)6)18-24(20-32)28(22)34-8/h15-20H,9-14H2,1-8H3. The van der Waals surface area contributed by atoms with Gasteiger partial charge >= 0.3 is 0 Å². The first-order valence-electron chi connectivity index (χ1n) is 12.3. The molecule has 0 saturated carbocycles. The molecule has 0 atom stereocenters. The highest BCUT2D eigenvalue weighted by Crippen LogP contribution is 2.33. The number of rotatable bonds is 11. The Hall–Kier alpha value is -2.62. The first-order valence-corrected chi connectivity index (χ1v) is 12.3. The predicted octanol–water partition coefficient (Wildman–Crippen LogP) is 7.27. The molecule has 186 valence electrons. The number of aldehydes is 2. The fourth-order valence-corrected chi connectivity index (χ4v) is 4.32. The van der Waals surface area contributed by atoms with Crippen LogP contribution in [0.3, 0.4) is 0 Å². The second kappa shape index (κ2) is 11.7. The van der Waals surface area contributed by atoms with Crippen LogP contribution in [0.25, 0.3) is 0 Å². The average Bonchev–Trinajstić information content (AvgIpc) is 2.78. The summed E-state index contributed by atoms with van der Waals surface area (Å²) < 4.78 is 11.2. The van der Waals surface area contributed by atoms with Crippen molar-refractivity contribution in [3.63, 3.8) is 0 Å². The maximum atomic E-state index is 11.6. The van der Waals surface area contributed by atoms with Gasteiger partial charge in [-0.1, -0.05) is 66.5 Å². The third-order valence-electron chi connectivity index (χ3n) is 6.43. The molecule has 0 fully saturated rings. The summed E-state index contributed by atoms with van der Waals surface area (Å²) in [6, 6.07) is 8.27. The van der Waals surface area contributed by atoms with Crippen LogP contribution >= 0.6 is 0 Å². The maximum Gasteiger partial charge on any atom is 0.153 e. The molecular weight excluding hydrogens is 424 g/mol. The minimum absolute atomic E-state index is 0.0280. The van der Waals surface area contributed by atoms with Crippen molar-refractivity contribution in [2.24, 2.45) is 0 Å². The molecule has 4 heteroatoms. The number of unbranched alkanes of at least 4 members (excludes halogenated alkanes) is 3. The van der Waals surface area contributed by atoms with Crippen molar-refractivity contribution in [2.45, 2.75) is 90.9 Å². The molecule has 0 N–H and O–H groups in total. The number of hydrogen-bond donors (Lipinski definition) is 0. The molecule has 2 aromatic rings. The van der Waals surface area contributed by atoms with Crippen LogP contribution in [-0.4, -0.2) is 26.8 Å². The lowest BCUT2D eigenvalue weighted by atomic mass is 9.84. The van der Waals surface area contributed by atoms with E-state index in [4.69, 9.17) is 9.47 Å². The molecule has 0 unspecified atom stereocenters. The molecule has 34 heavy (non-hydrogen) atoms. The normalized spacial score (nSPS) is 11.9. The van der Waals surface area contributed by atoms with E-state index in [2.05, 4.69) is 53.7 Å². The molecule has 2 rings (SSSR count). The zero-order chi connectivity index (χ0) is 25.5. The van der Waals surface area contributed by atoms with Crippen LogP contribution in [0.1, 0.15) is 110 Å². The first-order chi connectivity index (χ1) is 16.0. The van der Waals surface area contributed by atoms with Gasteiger partial charge in [0.25, 0.3) is 0 Å². The van der Waals surface area contributed by atoms with Gasteiger partial charge in [-0.05, 0) is 70.9 Å². The Bertz CT molecular complexity index is 909. The Kier molecular flexibility index (Phi) is 9.49. The van der Waals surface area contributed by atoms with Crippen LogP contribution in [0.4, 0.5) is 0 Å². The van der Waals surface area contributed by atoms with Crippen LogP contribution in [0.2, 0.25) is 0 Å². The van der Waals surface area contributed by atoms with Gasteiger partial charge in [0.05, 0.1) is 25.3 Å². The molecule has 0 aliphatic heterocycles. The van der Waals surface area contributed by atoms with E-state index >= 15 is 0 Å². The number of hydrogen-bond acceptors (Lipinski definition) is 4. The van der Waals surface area contributed by atoms with Gasteiger partial charge in [-0.2, -0.15) is 0 Å². The van der Waals surface area contributed by atoms with E-state index in [9.17, 15) is 9.59 Å². The highest BCUT2D eigenvalue weighted by molar-refractivity contribution is 5.81. The summed E-state index contributed by atoms with van der Waals surface area (Å²) in [5.41, 5.74) is 5.71. The zero-order valence-corrected chi connectivity index (χ0v) is 22.3. The highest BCUT2D eigenvalue weighted by Gasteiger charge is 2.20. The van der Waals surface area contributed by atoms with Gasteiger partial charge in [-0.25, -0.2) is 0 Å². The fourth-order valence-electron chi connectivity index (χ4n) is 4.32. The first kappa shape index (κ1) is 27.6. The van der Waals surface area contributed by atoms with Crippen LogP contribution in [-0.2, 0) is 23.7 Å². The molecular formula is C30H42O4. The second-order valence-electron chi connectivity index (χ2n) is 11.2. The third-order valence-corrected chi connectivity index (χ3v) is 6.43. The minimum Gasteiger partial charge on any atom is -0.496 e. The Morgan fingerprint density at radius 3 is 1.24 bits per heavy atom. The summed E-state index contributed by atoms with van der Waals surface area (Å²) in [6.45, 7) is 13.0. The lowest BCUT2D eigenvalue weighted by molar-refractivity contribution is 0.111. The van der Waals surface area contributed by atoms with E-state index in [1.54, 1.807) is 14.2 Å². The summed E-state index contributed by atoms with van der Waals surface area (Å²) in [4.78, 5) is 23.3. The topological polar surface area (TPSA) is 52.6 Å².